The molecule has 6 heteroatoms. The summed E-state index contributed by atoms with van der Waals surface area (Å²) in [4.78, 5) is 0. The first kappa shape index (κ1) is 16.2. The largest absolute Gasteiger partial charge is 0.462 e. The number of rotatable bonds is 5. The van der Waals surface area contributed by atoms with Crippen LogP contribution >= 0.6 is 0 Å². The summed E-state index contributed by atoms with van der Waals surface area (Å²) in [6.07, 6.45) is -4.39. The van der Waals surface area contributed by atoms with Crippen LogP contribution < -0.4 is 10.1 Å². The van der Waals surface area contributed by atoms with Crippen LogP contribution in [-0.2, 0) is 11.2 Å². The van der Waals surface area contributed by atoms with Crippen molar-refractivity contribution in [3.8, 4) is 5.75 Å². The standard InChI is InChI=1S/C15H23NO5/c1-9-12(17)13(18)14(19)15(20-9)21-11-5-3-10(4-6-11)7-8-16-2/h3-6,9,12-19H,7-8H2,1-2H3/t9-,12-,13+,14+,15-/m0/s1. The maximum atomic E-state index is 9.89. The molecule has 21 heavy (non-hydrogen) atoms. The van der Waals surface area contributed by atoms with Crippen LogP contribution in [0.25, 0.3) is 0 Å². The molecule has 1 saturated heterocycles. The van der Waals surface area contributed by atoms with Crippen LogP contribution in [0.5, 0.6) is 5.75 Å². The number of hydrogen-bond donors (Lipinski definition) is 4. The highest BCUT2D eigenvalue weighted by molar-refractivity contribution is 5.27. The van der Waals surface area contributed by atoms with Crippen molar-refractivity contribution in [1.82, 2.24) is 5.32 Å². The van der Waals surface area contributed by atoms with E-state index in [4.69, 9.17) is 9.47 Å². The van der Waals surface area contributed by atoms with Gasteiger partial charge in [0.1, 0.15) is 24.1 Å². The minimum atomic E-state index is -1.29. The lowest BCUT2D eigenvalue weighted by atomic mass is 10.00. The predicted octanol–water partition coefficient (Wildman–Crippen LogP) is -0.345. The van der Waals surface area contributed by atoms with Gasteiger partial charge in [-0.3, -0.25) is 0 Å². The fraction of sp³-hybridized carbons (Fsp3) is 0.600. The maximum Gasteiger partial charge on any atom is 0.229 e. The van der Waals surface area contributed by atoms with Crippen molar-refractivity contribution in [2.24, 2.45) is 0 Å². The zero-order chi connectivity index (χ0) is 15.4. The first-order valence-corrected chi connectivity index (χ1v) is 7.12. The zero-order valence-electron chi connectivity index (χ0n) is 12.3. The Morgan fingerprint density at radius 1 is 1.10 bits per heavy atom. The Morgan fingerprint density at radius 3 is 2.38 bits per heavy atom. The molecule has 0 aromatic heterocycles. The minimum Gasteiger partial charge on any atom is -0.462 e. The van der Waals surface area contributed by atoms with E-state index in [2.05, 4.69) is 5.32 Å². The second-order valence-corrected chi connectivity index (χ2v) is 5.30. The van der Waals surface area contributed by atoms with Crippen molar-refractivity contribution >= 4 is 0 Å². The Morgan fingerprint density at radius 2 is 1.76 bits per heavy atom. The molecule has 5 atom stereocenters. The van der Waals surface area contributed by atoms with Gasteiger partial charge in [-0.25, -0.2) is 0 Å². The van der Waals surface area contributed by atoms with Crippen LogP contribution in [-0.4, -0.2) is 59.6 Å². The summed E-state index contributed by atoms with van der Waals surface area (Å²) in [6.45, 7) is 2.52. The van der Waals surface area contributed by atoms with Gasteiger partial charge in [-0.15, -0.1) is 0 Å². The predicted molar refractivity (Wildman–Crippen MR) is 77.1 cm³/mol. The van der Waals surface area contributed by atoms with Crippen molar-refractivity contribution in [2.75, 3.05) is 13.6 Å². The molecule has 0 bridgehead atoms. The normalized spacial score (nSPS) is 32.9. The van der Waals surface area contributed by atoms with Crippen LogP contribution in [0.4, 0.5) is 0 Å². The molecule has 118 valence electrons. The van der Waals surface area contributed by atoms with E-state index in [1.165, 1.54) is 5.56 Å². The Hall–Kier alpha value is -1.18. The highest BCUT2D eigenvalue weighted by Gasteiger charge is 2.43. The van der Waals surface area contributed by atoms with E-state index in [-0.39, 0.29) is 0 Å². The Labute approximate surface area is 124 Å². The maximum absolute atomic E-state index is 9.89. The Kier molecular flexibility index (Phi) is 5.55. The summed E-state index contributed by atoms with van der Waals surface area (Å²) < 4.78 is 10.9. The summed E-state index contributed by atoms with van der Waals surface area (Å²) in [7, 11) is 1.90. The molecule has 1 aliphatic heterocycles. The Bertz CT molecular complexity index is 438. The quantitative estimate of drug-likeness (QED) is 0.594. The van der Waals surface area contributed by atoms with Gasteiger partial charge in [0.2, 0.25) is 6.29 Å². The second-order valence-electron chi connectivity index (χ2n) is 5.30. The number of aliphatic hydroxyl groups is 3. The molecule has 2 rings (SSSR count). The fourth-order valence-electron chi connectivity index (χ4n) is 2.25. The van der Waals surface area contributed by atoms with Crippen LogP contribution in [0, 0.1) is 0 Å². The van der Waals surface area contributed by atoms with Gasteiger partial charge in [-0.2, -0.15) is 0 Å². The van der Waals surface area contributed by atoms with Crippen LogP contribution in [0.1, 0.15) is 12.5 Å². The molecule has 0 aliphatic carbocycles. The van der Waals surface area contributed by atoms with Gasteiger partial charge < -0.3 is 30.1 Å². The third-order valence-electron chi connectivity index (χ3n) is 3.65. The van der Waals surface area contributed by atoms with E-state index in [0.29, 0.717) is 5.75 Å². The number of ether oxygens (including phenoxy) is 2. The van der Waals surface area contributed by atoms with Gasteiger partial charge in [-0.05, 0) is 44.6 Å². The van der Waals surface area contributed by atoms with E-state index >= 15 is 0 Å². The SMILES string of the molecule is CNCCc1ccc(O[C@@H]2O[C@@H](C)[C@H](O)[C@@H](O)[C@H]2O)cc1. The summed E-state index contributed by atoms with van der Waals surface area (Å²) in [5, 5.41) is 32.3. The molecule has 4 N–H and O–H groups in total. The summed E-state index contributed by atoms with van der Waals surface area (Å²) in [5.74, 6) is 0.544. The zero-order valence-corrected chi connectivity index (χ0v) is 12.3. The van der Waals surface area contributed by atoms with Gasteiger partial charge in [0, 0.05) is 0 Å². The molecule has 0 unspecified atom stereocenters. The van der Waals surface area contributed by atoms with Crippen molar-refractivity contribution in [3.63, 3.8) is 0 Å². The van der Waals surface area contributed by atoms with Crippen molar-refractivity contribution in [3.05, 3.63) is 29.8 Å². The molecule has 0 saturated carbocycles. The third-order valence-corrected chi connectivity index (χ3v) is 3.65. The van der Waals surface area contributed by atoms with Gasteiger partial charge in [0.05, 0.1) is 6.10 Å². The van der Waals surface area contributed by atoms with Crippen LogP contribution in [0.3, 0.4) is 0 Å². The van der Waals surface area contributed by atoms with Gasteiger partial charge in [0.15, 0.2) is 0 Å². The highest BCUT2D eigenvalue weighted by atomic mass is 16.7. The molecule has 1 aliphatic rings. The molecule has 0 spiro atoms. The van der Waals surface area contributed by atoms with Crippen LogP contribution in [0.2, 0.25) is 0 Å². The van der Waals surface area contributed by atoms with Crippen molar-refractivity contribution in [1.29, 1.82) is 0 Å². The molecule has 1 heterocycles. The van der Waals surface area contributed by atoms with E-state index in [0.717, 1.165) is 13.0 Å². The Balaban J connectivity index is 1.97. The lowest BCUT2D eigenvalue weighted by Crippen LogP contribution is -2.58. The topological polar surface area (TPSA) is 91.2 Å². The number of aliphatic hydroxyl groups excluding tert-OH is 3. The molecular weight excluding hydrogens is 274 g/mol. The average Bonchev–Trinajstić information content (AvgIpc) is 2.50. The molecular formula is C15H23NO5. The second kappa shape index (κ2) is 7.20. The van der Waals surface area contributed by atoms with Crippen molar-refractivity contribution < 1.29 is 24.8 Å². The smallest absolute Gasteiger partial charge is 0.229 e. The number of benzene rings is 1. The van der Waals surface area contributed by atoms with Gasteiger partial charge >= 0.3 is 0 Å². The lowest BCUT2D eigenvalue weighted by Gasteiger charge is -2.38. The van der Waals surface area contributed by atoms with Gasteiger partial charge in [-0.1, -0.05) is 12.1 Å². The minimum absolute atomic E-state index is 0.544. The van der Waals surface area contributed by atoms with Crippen LogP contribution in [0.15, 0.2) is 24.3 Å². The summed E-state index contributed by atoms with van der Waals surface area (Å²) >= 11 is 0. The molecule has 0 amide bonds. The summed E-state index contributed by atoms with van der Waals surface area (Å²) in [5.41, 5.74) is 1.17. The van der Waals surface area contributed by atoms with E-state index in [9.17, 15) is 15.3 Å². The molecule has 0 radical (unpaired) electrons. The lowest BCUT2D eigenvalue weighted by molar-refractivity contribution is -0.268. The van der Waals surface area contributed by atoms with Gasteiger partial charge in [0.25, 0.3) is 0 Å². The molecule has 6 nitrogen and oxygen atoms in total. The fourth-order valence-corrected chi connectivity index (χ4v) is 2.25. The average molecular weight is 297 g/mol. The third kappa shape index (κ3) is 3.93. The molecule has 1 fully saturated rings. The highest BCUT2D eigenvalue weighted by Crippen LogP contribution is 2.24. The monoisotopic (exact) mass is 297 g/mol. The summed E-state index contributed by atoms with van der Waals surface area (Å²) in [6, 6.07) is 7.47. The number of likely N-dealkylation sites (N-methyl/N-ethyl adjacent to an activating group) is 1. The van der Waals surface area contributed by atoms with E-state index in [1.54, 1.807) is 19.1 Å². The number of hydrogen-bond acceptors (Lipinski definition) is 6. The van der Waals surface area contributed by atoms with E-state index in [1.807, 2.05) is 19.2 Å². The van der Waals surface area contributed by atoms with E-state index < -0.39 is 30.7 Å². The first-order chi connectivity index (χ1) is 10.0. The first-order valence-electron chi connectivity index (χ1n) is 7.12. The van der Waals surface area contributed by atoms with Crippen molar-refractivity contribution in [2.45, 2.75) is 44.1 Å². The molecule has 1 aromatic carbocycles. The number of nitrogens with one attached hydrogen (secondary N) is 1. The molecule has 1 aromatic rings.